The van der Waals surface area contributed by atoms with Crippen LogP contribution in [0.25, 0.3) is 0 Å². The van der Waals surface area contributed by atoms with E-state index in [0.717, 1.165) is 18.8 Å². The van der Waals surface area contributed by atoms with E-state index < -0.39 is 0 Å². The lowest BCUT2D eigenvalue weighted by Crippen LogP contribution is -2.46. The summed E-state index contributed by atoms with van der Waals surface area (Å²) in [5.74, 6) is 1.71. The number of fused-ring (bicyclic) bond motifs is 1. The number of carbonyl (C=O) groups is 1. The van der Waals surface area contributed by atoms with Gasteiger partial charge in [0, 0.05) is 18.5 Å². The Morgan fingerprint density at radius 3 is 2.55 bits per heavy atom. The van der Waals surface area contributed by atoms with Crippen molar-refractivity contribution in [1.29, 1.82) is 0 Å². The van der Waals surface area contributed by atoms with Gasteiger partial charge >= 0.3 is 0 Å². The van der Waals surface area contributed by atoms with Gasteiger partial charge in [0.2, 0.25) is 0 Å². The highest BCUT2D eigenvalue weighted by Gasteiger charge is 2.39. The van der Waals surface area contributed by atoms with Gasteiger partial charge in [0.15, 0.2) is 0 Å². The van der Waals surface area contributed by atoms with Crippen molar-refractivity contribution in [2.75, 3.05) is 19.6 Å². The van der Waals surface area contributed by atoms with Gasteiger partial charge in [-0.3, -0.25) is 14.6 Å². The zero-order valence-electron chi connectivity index (χ0n) is 13.2. The predicted octanol–water partition coefficient (Wildman–Crippen LogP) is 2.90. The Morgan fingerprint density at radius 1 is 1.05 bits per heavy atom. The summed E-state index contributed by atoms with van der Waals surface area (Å²) in [6, 6.07) is 0.560. The summed E-state index contributed by atoms with van der Waals surface area (Å²) >= 11 is 0. The van der Waals surface area contributed by atoms with E-state index in [1.807, 2.05) is 0 Å². The lowest BCUT2D eigenvalue weighted by Gasteiger charge is -2.35. The molecule has 2 heterocycles. The standard InChI is InChI=1S/C17H30N2O/c1-13-6-8-15(9-7-13)16(20)12-19-14(2)11-18-10-4-3-5-17(18)19/h13-15,17H,3-12H2,1-2H3. The van der Waals surface area contributed by atoms with Gasteiger partial charge in [0.1, 0.15) is 5.78 Å². The van der Waals surface area contributed by atoms with Crippen LogP contribution in [-0.4, -0.2) is 47.4 Å². The van der Waals surface area contributed by atoms with Crippen LogP contribution in [0.5, 0.6) is 0 Å². The molecule has 1 aliphatic carbocycles. The van der Waals surface area contributed by atoms with Gasteiger partial charge in [-0.2, -0.15) is 0 Å². The molecule has 0 aromatic heterocycles. The van der Waals surface area contributed by atoms with Crippen LogP contribution in [-0.2, 0) is 4.79 Å². The summed E-state index contributed by atoms with van der Waals surface area (Å²) in [4.78, 5) is 17.7. The SMILES string of the molecule is CC1CCC(C(=O)CN2C(C)CN3CCCCC32)CC1. The molecule has 3 rings (SSSR count). The fraction of sp³-hybridized carbons (Fsp3) is 0.941. The van der Waals surface area contributed by atoms with Crippen LogP contribution in [0.3, 0.4) is 0 Å². The van der Waals surface area contributed by atoms with Gasteiger partial charge < -0.3 is 0 Å². The molecule has 3 fully saturated rings. The first-order chi connectivity index (χ1) is 9.65. The number of ketones is 1. The number of carbonyl (C=O) groups excluding carboxylic acids is 1. The normalized spacial score (nSPS) is 39.7. The lowest BCUT2D eigenvalue weighted by molar-refractivity contribution is -0.126. The highest BCUT2D eigenvalue weighted by atomic mass is 16.1. The Morgan fingerprint density at radius 2 is 1.80 bits per heavy atom. The number of piperidine rings is 1. The van der Waals surface area contributed by atoms with Crippen molar-refractivity contribution in [2.24, 2.45) is 11.8 Å². The maximum Gasteiger partial charge on any atom is 0.149 e. The van der Waals surface area contributed by atoms with Crippen LogP contribution in [0.1, 0.15) is 58.8 Å². The third-order valence-corrected chi connectivity index (χ3v) is 5.84. The second-order valence-corrected chi connectivity index (χ2v) is 7.42. The van der Waals surface area contributed by atoms with E-state index in [2.05, 4.69) is 23.6 Å². The van der Waals surface area contributed by atoms with Crippen LogP contribution in [0.4, 0.5) is 0 Å². The molecule has 2 aliphatic heterocycles. The van der Waals surface area contributed by atoms with Gasteiger partial charge in [0.25, 0.3) is 0 Å². The highest BCUT2D eigenvalue weighted by molar-refractivity contribution is 5.83. The van der Waals surface area contributed by atoms with Crippen molar-refractivity contribution < 1.29 is 4.79 Å². The first-order valence-corrected chi connectivity index (χ1v) is 8.67. The molecule has 3 heteroatoms. The molecule has 20 heavy (non-hydrogen) atoms. The topological polar surface area (TPSA) is 23.6 Å². The molecular weight excluding hydrogens is 248 g/mol. The zero-order valence-corrected chi connectivity index (χ0v) is 13.2. The molecule has 2 saturated heterocycles. The van der Waals surface area contributed by atoms with Gasteiger partial charge in [-0.1, -0.05) is 19.8 Å². The fourth-order valence-corrected chi connectivity index (χ4v) is 4.45. The van der Waals surface area contributed by atoms with Crippen molar-refractivity contribution in [3.8, 4) is 0 Å². The van der Waals surface area contributed by atoms with E-state index >= 15 is 0 Å². The predicted molar refractivity (Wildman–Crippen MR) is 81.5 cm³/mol. The first kappa shape index (κ1) is 14.5. The molecule has 114 valence electrons. The van der Waals surface area contributed by atoms with E-state index in [-0.39, 0.29) is 0 Å². The summed E-state index contributed by atoms with van der Waals surface area (Å²) in [7, 11) is 0. The summed E-state index contributed by atoms with van der Waals surface area (Å²) in [5, 5.41) is 0. The van der Waals surface area contributed by atoms with Crippen molar-refractivity contribution in [3.63, 3.8) is 0 Å². The number of nitrogens with zero attached hydrogens (tertiary/aromatic N) is 2. The average molecular weight is 278 g/mol. The van der Waals surface area contributed by atoms with Gasteiger partial charge in [-0.25, -0.2) is 0 Å². The molecule has 3 nitrogen and oxygen atoms in total. The van der Waals surface area contributed by atoms with Crippen LogP contribution in [0, 0.1) is 11.8 Å². The lowest BCUT2D eigenvalue weighted by atomic mass is 9.81. The average Bonchev–Trinajstić information content (AvgIpc) is 2.76. The summed E-state index contributed by atoms with van der Waals surface area (Å²) < 4.78 is 0. The monoisotopic (exact) mass is 278 g/mol. The number of rotatable bonds is 3. The van der Waals surface area contributed by atoms with Gasteiger partial charge in [-0.05, 0) is 51.5 Å². The molecule has 0 N–H and O–H groups in total. The quantitative estimate of drug-likeness (QED) is 0.793. The molecule has 0 spiro atoms. The Bertz CT molecular complexity index is 349. The third-order valence-electron chi connectivity index (χ3n) is 5.84. The molecule has 3 aliphatic rings. The second-order valence-electron chi connectivity index (χ2n) is 7.42. The Kier molecular flexibility index (Phi) is 4.46. The smallest absolute Gasteiger partial charge is 0.149 e. The number of hydrogen-bond acceptors (Lipinski definition) is 3. The van der Waals surface area contributed by atoms with Crippen LogP contribution >= 0.6 is 0 Å². The molecule has 0 aromatic rings. The van der Waals surface area contributed by atoms with E-state index in [1.165, 1.54) is 45.2 Å². The van der Waals surface area contributed by atoms with Crippen LogP contribution in [0.2, 0.25) is 0 Å². The largest absolute Gasteiger partial charge is 0.298 e. The van der Waals surface area contributed by atoms with Crippen molar-refractivity contribution in [1.82, 2.24) is 9.80 Å². The number of hydrogen-bond donors (Lipinski definition) is 0. The van der Waals surface area contributed by atoms with Crippen LogP contribution in [0.15, 0.2) is 0 Å². The van der Waals surface area contributed by atoms with Crippen molar-refractivity contribution in [2.45, 2.75) is 71.0 Å². The van der Waals surface area contributed by atoms with Gasteiger partial charge in [0.05, 0.1) is 12.7 Å². The van der Waals surface area contributed by atoms with Crippen molar-refractivity contribution >= 4 is 5.78 Å². The van der Waals surface area contributed by atoms with E-state index in [1.54, 1.807) is 0 Å². The van der Waals surface area contributed by atoms with E-state index in [4.69, 9.17) is 0 Å². The Labute approximate surface area is 123 Å². The molecule has 2 atom stereocenters. The fourth-order valence-electron chi connectivity index (χ4n) is 4.45. The summed E-state index contributed by atoms with van der Waals surface area (Å²) in [6.07, 6.45) is 9.27. The molecule has 1 saturated carbocycles. The zero-order chi connectivity index (χ0) is 14.1. The minimum absolute atomic E-state index is 0.357. The molecular formula is C17H30N2O. The van der Waals surface area contributed by atoms with E-state index in [0.29, 0.717) is 30.5 Å². The molecule has 0 bridgehead atoms. The minimum atomic E-state index is 0.357. The maximum atomic E-state index is 12.6. The Balaban J connectivity index is 1.57. The minimum Gasteiger partial charge on any atom is -0.298 e. The van der Waals surface area contributed by atoms with E-state index in [9.17, 15) is 4.79 Å². The highest BCUT2D eigenvalue weighted by Crippen LogP contribution is 2.32. The van der Waals surface area contributed by atoms with Crippen LogP contribution < -0.4 is 0 Å². The molecule has 0 aromatic carbocycles. The Hall–Kier alpha value is -0.410. The number of Topliss-reactive ketones (excluding diaryl/α,β-unsaturated/α-hetero) is 1. The molecule has 2 unspecified atom stereocenters. The third kappa shape index (κ3) is 2.94. The van der Waals surface area contributed by atoms with Gasteiger partial charge in [-0.15, -0.1) is 0 Å². The first-order valence-electron chi connectivity index (χ1n) is 8.67. The molecule has 0 amide bonds. The summed E-state index contributed by atoms with van der Waals surface area (Å²) in [5.41, 5.74) is 0. The summed E-state index contributed by atoms with van der Waals surface area (Å²) in [6.45, 7) is 7.74. The maximum absolute atomic E-state index is 12.6. The molecule has 0 radical (unpaired) electrons. The second kappa shape index (κ2) is 6.15. The van der Waals surface area contributed by atoms with Crippen molar-refractivity contribution in [3.05, 3.63) is 0 Å².